The topological polar surface area (TPSA) is 46.9 Å². The number of carbonyl (C=O) groups excluding carboxylic acids is 1. The van der Waals surface area contributed by atoms with Crippen molar-refractivity contribution in [3.05, 3.63) is 18.0 Å². The average Bonchev–Trinajstić information content (AvgIpc) is 2.50. The summed E-state index contributed by atoms with van der Waals surface area (Å²) in [5.74, 6) is -0.601. The first-order valence-electron chi connectivity index (χ1n) is 3.29. The molecule has 4 nitrogen and oxygen atoms in total. The van der Waals surface area contributed by atoms with E-state index in [4.69, 9.17) is 0 Å². The van der Waals surface area contributed by atoms with Crippen LogP contribution in [0.3, 0.4) is 0 Å². The number of amides is 1. The summed E-state index contributed by atoms with van der Waals surface area (Å²) in [6, 6.07) is 0. The van der Waals surface area contributed by atoms with E-state index in [9.17, 15) is 18.0 Å². The molecular weight excluding hydrogens is 187 g/mol. The van der Waals surface area contributed by atoms with Gasteiger partial charge in [-0.15, -0.1) is 13.2 Å². The SMILES string of the molecule is CNC(=O)c1cnn(C(F)(F)F)c1. The van der Waals surface area contributed by atoms with E-state index in [1.807, 2.05) is 0 Å². The molecule has 1 amide bonds. The summed E-state index contributed by atoms with van der Waals surface area (Å²) in [7, 11) is 1.33. The average molecular weight is 193 g/mol. The van der Waals surface area contributed by atoms with Gasteiger partial charge in [0.25, 0.3) is 5.91 Å². The Labute approximate surface area is 71.3 Å². The molecule has 0 fully saturated rings. The van der Waals surface area contributed by atoms with E-state index < -0.39 is 12.2 Å². The maximum Gasteiger partial charge on any atom is 0.504 e. The zero-order valence-electron chi connectivity index (χ0n) is 6.59. The highest BCUT2D eigenvalue weighted by Gasteiger charge is 2.32. The minimum absolute atomic E-state index is 0.125. The van der Waals surface area contributed by atoms with Crippen molar-refractivity contribution in [1.82, 2.24) is 15.1 Å². The molecular formula is C6H6F3N3O. The summed E-state index contributed by atoms with van der Waals surface area (Å²) in [5, 5.41) is 5.17. The number of nitrogens with zero attached hydrogens (tertiary/aromatic N) is 2. The van der Waals surface area contributed by atoms with Crippen LogP contribution in [0.1, 0.15) is 10.4 Å². The van der Waals surface area contributed by atoms with Crippen molar-refractivity contribution >= 4 is 5.91 Å². The molecule has 0 unspecified atom stereocenters. The Bertz CT molecular complexity index is 317. The van der Waals surface area contributed by atoms with E-state index >= 15 is 0 Å². The maximum atomic E-state index is 11.9. The van der Waals surface area contributed by atoms with Crippen molar-refractivity contribution in [3.63, 3.8) is 0 Å². The summed E-state index contributed by atoms with van der Waals surface area (Å²) in [6.45, 7) is 0. The fourth-order valence-electron chi connectivity index (χ4n) is 0.723. The van der Waals surface area contributed by atoms with Gasteiger partial charge in [0.15, 0.2) is 0 Å². The lowest BCUT2D eigenvalue weighted by Crippen LogP contribution is -2.19. The minimum atomic E-state index is -4.58. The Kier molecular flexibility index (Phi) is 2.26. The van der Waals surface area contributed by atoms with Crippen LogP contribution in [0, 0.1) is 0 Å². The second kappa shape index (κ2) is 3.08. The smallest absolute Gasteiger partial charge is 0.355 e. The molecule has 1 aromatic rings. The standard InChI is InChI=1S/C6H6F3N3O/c1-10-5(13)4-2-11-12(3-4)6(7,8)9/h2-3H,1H3,(H,10,13). The third-order valence-electron chi connectivity index (χ3n) is 1.33. The predicted octanol–water partition coefficient (Wildman–Crippen LogP) is 0.719. The van der Waals surface area contributed by atoms with Gasteiger partial charge in [0.1, 0.15) is 0 Å². The molecule has 0 spiro atoms. The van der Waals surface area contributed by atoms with Gasteiger partial charge in [0.2, 0.25) is 0 Å². The predicted molar refractivity (Wildman–Crippen MR) is 36.9 cm³/mol. The number of nitrogens with one attached hydrogen (secondary N) is 1. The second-order valence-electron chi connectivity index (χ2n) is 2.22. The zero-order chi connectivity index (χ0) is 10.1. The lowest BCUT2D eigenvalue weighted by atomic mass is 10.3. The third-order valence-corrected chi connectivity index (χ3v) is 1.33. The summed E-state index contributed by atoms with van der Waals surface area (Å²) in [6.07, 6.45) is -3.10. The van der Waals surface area contributed by atoms with Gasteiger partial charge in [-0.1, -0.05) is 0 Å². The fourth-order valence-corrected chi connectivity index (χ4v) is 0.723. The lowest BCUT2D eigenvalue weighted by molar-refractivity contribution is -0.212. The molecule has 0 atom stereocenters. The summed E-state index contributed by atoms with van der Waals surface area (Å²) in [4.78, 5) is 10.8. The zero-order valence-corrected chi connectivity index (χ0v) is 6.59. The first-order valence-corrected chi connectivity index (χ1v) is 3.29. The summed E-state index contributed by atoms with van der Waals surface area (Å²) >= 11 is 0. The molecule has 1 N–H and O–H groups in total. The van der Waals surface area contributed by atoms with Crippen LogP contribution in [0.4, 0.5) is 13.2 Å². The molecule has 1 heterocycles. The van der Waals surface area contributed by atoms with Crippen molar-refractivity contribution in [1.29, 1.82) is 0 Å². The van der Waals surface area contributed by atoms with E-state index in [0.29, 0.717) is 6.20 Å². The maximum absolute atomic E-state index is 11.9. The highest BCUT2D eigenvalue weighted by Crippen LogP contribution is 2.20. The molecule has 1 rings (SSSR count). The highest BCUT2D eigenvalue weighted by atomic mass is 19.4. The Hall–Kier alpha value is -1.53. The Balaban J connectivity index is 2.93. The molecule has 0 aromatic carbocycles. The Morgan fingerprint density at radius 1 is 1.62 bits per heavy atom. The van der Waals surface area contributed by atoms with E-state index in [1.54, 1.807) is 0 Å². The second-order valence-corrected chi connectivity index (χ2v) is 2.22. The van der Waals surface area contributed by atoms with Gasteiger partial charge < -0.3 is 5.32 Å². The van der Waals surface area contributed by atoms with Crippen molar-refractivity contribution in [2.24, 2.45) is 0 Å². The molecule has 0 aliphatic carbocycles. The molecule has 1 aromatic heterocycles. The number of hydrogen-bond donors (Lipinski definition) is 1. The van der Waals surface area contributed by atoms with Crippen LogP contribution < -0.4 is 5.32 Å². The van der Waals surface area contributed by atoms with Crippen molar-refractivity contribution in [2.75, 3.05) is 7.05 Å². The highest BCUT2D eigenvalue weighted by molar-refractivity contribution is 5.93. The van der Waals surface area contributed by atoms with Crippen LogP contribution in [-0.4, -0.2) is 22.7 Å². The minimum Gasteiger partial charge on any atom is -0.355 e. The number of carbonyl (C=O) groups is 1. The van der Waals surface area contributed by atoms with Crippen LogP contribution in [-0.2, 0) is 6.30 Å². The molecule has 0 radical (unpaired) electrons. The third kappa shape index (κ3) is 1.98. The van der Waals surface area contributed by atoms with Crippen LogP contribution in [0.5, 0.6) is 0 Å². The van der Waals surface area contributed by atoms with Gasteiger partial charge in [0.05, 0.1) is 11.8 Å². The van der Waals surface area contributed by atoms with Gasteiger partial charge in [-0.3, -0.25) is 4.79 Å². The van der Waals surface area contributed by atoms with Crippen LogP contribution >= 0.6 is 0 Å². The van der Waals surface area contributed by atoms with Crippen molar-refractivity contribution in [2.45, 2.75) is 6.30 Å². The number of rotatable bonds is 1. The first-order chi connectivity index (χ1) is 5.95. The first kappa shape index (κ1) is 9.56. The number of halogens is 3. The molecule has 0 aliphatic rings. The molecule has 0 aliphatic heterocycles. The Morgan fingerprint density at radius 2 is 2.23 bits per heavy atom. The van der Waals surface area contributed by atoms with E-state index in [1.165, 1.54) is 7.05 Å². The molecule has 0 saturated carbocycles. The van der Waals surface area contributed by atoms with Crippen LogP contribution in [0.2, 0.25) is 0 Å². The van der Waals surface area contributed by atoms with Gasteiger partial charge >= 0.3 is 6.30 Å². The summed E-state index contributed by atoms with van der Waals surface area (Å²) in [5.41, 5.74) is -0.125. The van der Waals surface area contributed by atoms with Gasteiger partial charge in [-0.05, 0) is 0 Å². The molecule has 0 saturated heterocycles. The van der Waals surface area contributed by atoms with Gasteiger partial charge in [-0.25, -0.2) is 0 Å². The number of hydrogen-bond acceptors (Lipinski definition) is 2. The van der Waals surface area contributed by atoms with Crippen molar-refractivity contribution < 1.29 is 18.0 Å². The van der Waals surface area contributed by atoms with E-state index in [0.717, 1.165) is 6.20 Å². The van der Waals surface area contributed by atoms with Gasteiger partial charge in [0, 0.05) is 13.2 Å². The number of aromatic nitrogens is 2. The monoisotopic (exact) mass is 193 g/mol. The summed E-state index contributed by atoms with van der Waals surface area (Å²) < 4.78 is 35.6. The van der Waals surface area contributed by atoms with E-state index in [-0.39, 0.29) is 10.2 Å². The molecule has 0 bridgehead atoms. The fraction of sp³-hybridized carbons (Fsp3) is 0.333. The lowest BCUT2D eigenvalue weighted by Gasteiger charge is -2.03. The van der Waals surface area contributed by atoms with E-state index in [2.05, 4.69) is 10.4 Å². The van der Waals surface area contributed by atoms with Crippen LogP contribution in [0.25, 0.3) is 0 Å². The normalized spacial score (nSPS) is 11.4. The molecule has 72 valence electrons. The van der Waals surface area contributed by atoms with Gasteiger partial charge in [-0.2, -0.15) is 9.78 Å². The van der Waals surface area contributed by atoms with Crippen molar-refractivity contribution in [3.8, 4) is 0 Å². The largest absolute Gasteiger partial charge is 0.504 e. The quantitative estimate of drug-likeness (QED) is 0.714. The Morgan fingerprint density at radius 3 is 2.62 bits per heavy atom. The number of alkyl halides is 3. The molecule has 7 heteroatoms. The molecule has 13 heavy (non-hydrogen) atoms. The van der Waals surface area contributed by atoms with Crippen LogP contribution in [0.15, 0.2) is 12.4 Å².